The molecule has 0 radical (unpaired) electrons. The number of rotatable bonds is 6. The van der Waals surface area contributed by atoms with Gasteiger partial charge in [0.05, 0.1) is 6.61 Å². The summed E-state index contributed by atoms with van der Waals surface area (Å²) < 4.78 is 19.1. The molecule has 106 valence electrons. The first kappa shape index (κ1) is 14.7. The summed E-state index contributed by atoms with van der Waals surface area (Å²) in [6.07, 6.45) is 0.982. The zero-order valence-corrected chi connectivity index (χ0v) is 12.1. The Labute approximate surface area is 123 Å². The van der Waals surface area contributed by atoms with Gasteiger partial charge in [-0.1, -0.05) is 24.6 Å². The van der Waals surface area contributed by atoms with Gasteiger partial charge in [-0.3, -0.25) is 0 Å². The first-order valence-electron chi connectivity index (χ1n) is 6.59. The van der Waals surface area contributed by atoms with Crippen LogP contribution in [-0.2, 0) is 6.54 Å². The monoisotopic (exact) mass is 293 g/mol. The topological polar surface area (TPSA) is 21.3 Å². The molecule has 2 aromatic rings. The molecule has 0 aliphatic heterocycles. The molecule has 0 saturated carbocycles. The van der Waals surface area contributed by atoms with Crippen molar-refractivity contribution in [2.75, 3.05) is 11.9 Å². The summed E-state index contributed by atoms with van der Waals surface area (Å²) >= 11 is 5.72. The van der Waals surface area contributed by atoms with Crippen molar-refractivity contribution in [2.24, 2.45) is 0 Å². The van der Waals surface area contributed by atoms with E-state index in [0.717, 1.165) is 17.9 Å². The van der Waals surface area contributed by atoms with Crippen molar-refractivity contribution in [1.82, 2.24) is 0 Å². The highest BCUT2D eigenvalue weighted by atomic mass is 35.5. The van der Waals surface area contributed by atoms with Gasteiger partial charge in [0, 0.05) is 22.8 Å². The van der Waals surface area contributed by atoms with Gasteiger partial charge >= 0.3 is 0 Å². The first-order valence-corrected chi connectivity index (χ1v) is 6.97. The van der Waals surface area contributed by atoms with Crippen LogP contribution in [-0.4, -0.2) is 6.61 Å². The van der Waals surface area contributed by atoms with E-state index in [-0.39, 0.29) is 5.82 Å². The van der Waals surface area contributed by atoms with Gasteiger partial charge in [-0.15, -0.1) is 0 Å². The number of benzene rings is 2. The molecule has 0 aromatic heterocycles. The molecule has 0 saturated heterocycles. The van der Waals surface area contributed by atoms with E-state index >= 15 is 0 Å². The first-order chi connectivity index (χ1) is 9.69. The normalized spacial score (nSPS) is 10.3. The van der Waals surface area contributed by atoms with Crippen molar-refractivity contribution >= 4 is 17.3 Å². The van der Waals surface area contributed by atoms with Crippen molar-refractivity contribution in [2.45, 2.75) is 19.9 Å². The minimum absolute atomic E-state index is 0.298. The summed E-state index contributed by atoms with van der Waals surface area (Å²) in [6, 6.07) is 12.3. The quantitative estimate of drug-likeness (QED) is 0.819. The Morgan fingerprint density at radius 3 is 2.55 bits per heavy atom. The summed E-state index contributed by atoms with van der Waals surface area (Å²) in [4.78, 5) is 0. The molecule has 20 heavy (non-hydrogen) atoms. The predicted molar refractivity (Wildman–Crippen MR) is 81.0 cm³/mol. The Morgan fingerprint density at radius 1 is 1.15 bits per heavy atom. The van der Waals surface area contributed by atoms with Crippen molar-refractivity contribution in [3.63, 3.8) is 0 Å². The van der Waals surface area contributed by atoms with Gasteiger partial charge in [0.25, 0.3) is 0 Å². The molecule has 0 heterocycles. The molecule has 0 aliphatic rings. The van der Waals surface area contributed by atoms with E-state index in [1.807, 2.05) is 24.3 Å². The van der Waals surface area contributed by atoms with Crippen LogP contribution in [0.3, 0.4) is 0 Å². The van der Waals surface area contributed by atoms with Crippen LogP contribution in [0.5, 0.6) is 5.75 Å². The van der Waals surface area contributed by atoms with E-state index in [9.17, 15) is 4.39 Å². The highest BCUT2D eigenvalue weighted by Gasteiger charge is 2.03. The maximum absolute atomic E-state index is 13.6. The predicted octanol–water partition coefficient (Wildman–Crippen LogP) is 4.88. The van der Waals surface area contributed by atoms with E-state index in [4.69, 9.17) is 16.3 Å². The fraction of sp³-hybridized carbons (Fsp3) is 0.250. The van der Waals surface area contributed by atoms with Gasteiger partial charge in [-0.05, 0) is 42.8 Å². The second kappa shape index (κ2) is 7.15. The van der Waals surface area contributed by atoms with Crippen LogP contribution in [0.15, 0.2) is 42.5 Å². The highest BCUT2D eigenvalue weighted by molar-refractivity contribution is 6.30. The molecule has 2 aromatic carbocycles. The Bertz CT molecular complexity index is 557. The third-order valence-electron chi connectivity index (χ3n) is 2.83. The fourth-order valence-corrected chi connectivity index (χ4v) is 1.91. The molecule has 0 unspecified atom stereocenters. The zero-order chi connectivity index (χ0) is 14.4. The van der Waals surface area contributed by atoms with Crippen LogP contribution in [0.2, 0.25) is 5.02 Å². The van der Waals surface area contributed by atoms with Crippen molar-refractivity contribution in [1.29, 1.82) is 0 Å². The lowest BCUT2D eigenvalue weighted by atomic mass is 10.2. The molecule has 0 amide bonds. The van der Waals surface area contributed by atoms with E-state index < -0.39 is 0 Å². The average Bonchev–Trinajstić information content (AvgIpc) is 2.45. The summed E-state index contributed by atoms with van der Waals surface area (Å²) in [5, 5.41) is 3.57. The maximum Gasteiger partial charge on any atom is 0.129 e. The Balaban J connectivity index is 1.93. The molecule has 1 N–H and O–H groups in total. The second-order valence-electron chi connectivity index (χ2n) is 4.46. The second-order valence-corrected chi connectivity index (χ2v) is 4.90. The molecule has 4 heteroatoms. The number of nitrogens with one attached hydrogen (secondary N) is 1. The molecule has 0 aliphatic carbocycles. The summed E-state index contributed by atoms with van der Waals surface area (Å²) in [7, 11) is 0. The van der Waals surface area contributed by atoms with E-state index in [0.29, 0.717) is 23.7 Å². The third-order valence-corrected chi connectivity index (χ3v) is 3.06. The molecule has 2 nitrogen and oxygen atoms in total. The number of hydrogen-bond donors (Lipinski definition) is 1. The van der Waals surface area contributed by atoms with Crippen molar-refractivity contribution in [3.05, 3.63) is 58.9 Å². The standard InChI is InChI=1S/C16H17ClFNO/c1-2-9-20-15-7-5-14(6-8-15)19-11-12-3-4-13(17)10-16(12)18/h3-8,10,19H,2,9,11H2,1H3. The molecular formula is C16H17ClFNO. The van der Waals surface area contributed by atoms with Gasteiger partial charge in [-0.25, -0.2) is 4.39 Å². The average molecular weight is 294 g/mol. The van der Waals surface area contributed by atoms with Gasteiger partial charge in [-0.2, -0.15) is 0 Å². The minimum Gasteiger partial charge on any atom is -0.494 e. The van der Waals surface area contributed by atoms with Gasteiger partial charge in [0.1, 0.15) is 11.6 Å². The summed E-state index contributed by atoms with van der Waals surface area (Å²) in [5.74, 6) is 0.544. The maximum atomic E-state index is 13.6. The lowest BCUT2D eigenvalue weighted by molar-refractivity contribution is 0.317. The summed E-state index contributed by atoms with van der Waals surface area (Å²) in [5.41, 5.74) is 1.50. The SMILES string of the molecule is CCCOc1ccc(NCc2ccc(Cl)cc2F)cc1. The number of anilines is 1. The van der Waals surface area contributed by atoms with Crippen LogP contribution >= 0.6 is 11.6 Å². The molecule has 0 bridgehead atoms. The Hall–Kier alpha value is -1.74. The molecule has 2 rings (SSSR count). The number of halogens is 2. The minimum atomic E-state index is -0.298. The summed E-state index contributed by atoms with van der Waals surface area (Å²) in [6.45, 7) is 3.19. The van der Waals surface area contributed by atoms with E-state index in [1.54, 1.807) is 12.1 Å². The van der Waals surface area contributed by atoms with Crippen LogP contribution in [0.25, 0.3) is 0 Å². The van der Waals surface area contributed by atoms with E-state index in [2.05, 4.69) is 12.2 Å². The third kappa shape index (κ3) is 4.14. The Kier molecular flexibility index (Phi) is 5.24. The van der Waals surface area contributed by atoms with Crippen LogP contribution in [0, 0.1) is 5.82 Å². The number of hydrogen-bond acceptors (Lipinski definition) is 2. The van der Waals surface area contributed by atoms with Crippen LogP contribution in [0.4, 0.5) is 10.1 Å². The van der Waals surface area contributed by atoms with Crippen LogP contribution < -0.4 is 10.1 Å². The Morgan fingerprint density at radius 2 is 1.90 bits per heavy atom. The molecule has 0 spiro atoms. The smallest absolute Gasteiger partial charge is 0.129 e. The van der Waals surface area contributed by atoms with Crippen molar-refractivity contribution < 1.29 is 9.13 Å². The highest BCUT2D eigenvalue weighted by Crippen LogP contribution is 2.18. The lowest BCUT2D eigenvalue weighted by Crippen LogP contribution is -2.02. The van der Waals surface area contributed by atoms with Crippen molar-refractivity contribution in [3.8, 4) is 5.75 Å². The van der Waals surface area contributed by atoms with Gasteiger partial charge < -0.3 is 10.1 Å². The van der Waals surface area contributed by atoms with E-state index in [1.165, 1.54) is 6.07 Å². The lowest BCUT2D eigenvalue weighted by Gasteiger charge is -2.09. The van der Waals surface area contributed by atoms with Gasteiger partial charge in [0.2, 0.25) is 0 Å². The molecular weight excluding hydrogens is 277 g/mol. The van der Waals surface area contributed by atoms with Gasteiger partial charge in [0.15, 0.2) is 0 Å². The number of ether oxygens (including phenoxy) is 1. The zero-order valence-electron chi connectivity index (χ0n) is 11.3. The van der Waals surface area contributed by atoms with Crippen LogP contribution in [0.1, 0.15) is 18.9 Å². The largest absolute Gasteiger partial charge is 0.494 e. The molecule has 0 atom stereocenters. The molecule has 0 fully saturated rings. The fourth-order valence-electron chi connectivity index (χ4n) is 1.75.